The molecule has 0 saturated heterocycles. The van der Waals surface area contributed by atoms with E-state index in [1.54, 1.807) is 12.1 Å². The molecule has 0 amide bonds. The van der Waals surface area contributed by atoms with Crippen molar-refractivity contribution in [2.75, 3.05) is 0 Å². The summed E-state index contributed by atoms with van der Waals surface area (Å²) in [6, 6.07) is 5.47. The van der Waals surface area contributed by atoms with E-state index in [2.05, 4.69) is 26.1 Å². The van der Waals surface area contributed by atoms with Gasteiger partial charge in [0.05, 0.1) is 0 Å². The Kier molecular flexibility index (Phi) is 2.74. The van der Waals surface area contributed by atoms with E-state index in [1.165, 1.54) is 0 Å². The summed E-state index contributed by atoms with van der Waals surface area (Å²) >= 11 is 3.37. The average Bonchev–Trinajstić information content (AvgIpc) is 2.71. The Morgan fingerprint density at radius 1 is 1.44 bits per heavy atom. The zero-order valence-corrected chi connectivity index (χ0v) is 9.85. The quantitative estimate of drug-likeness (QED) is 0.916. The molecule has 0 aliphatic rings. The number of nitrogens with zero attached hydrogens (tertiary/aromatic N) is 2. The van der Waals surface area contributed by atoms with Crippen molar-refractivity contribution < 1.29 is 14.3 Å². The Hall–Kier alpha value is -1.69. The summed E-state index contributed by atoms with van der Waals surface area (Å²) in [6.45, 7) is 1.95. The van der Waals surface area contributed by atoms with Crippen molar-refractivity contribution in [2.24, 2.45) is 0 Å². The predicted octanol–water partition coefficient (Wildman–Crippen LogP) is 2.51. The molecule has 0 aliphatic carbocycles. The molecule has 2 aromatic rings. The highest BCUT2D eigenvalue weighted by Gasteiger charge is 2.14. The van der Waals surface area contributed by atoms with Crippen molar-refractivity contribution in [2.45, 2.75) is 6.92 Å². The summed E-state index contributed by atoms with van der Waals surface area (Å²) in [5.41, 5.74) is 1.75. The van der Waals surface area contributed by atoms with Crippen molar-refractivity contribution in [3.8, 4) is 11.5 Å². The number of aromatic carboxylic acids is 1. The van der Waals surface area contributed by atoms with Crippen LogP contribution < -0.4 is 0 Å². The van der Waals surface area contributed by atoms with Crippen molar-refractivity contribution in [3.63, 3.8) is 0 Å². The Balaban J connectivity index is 2.42. The first-order valence-electron chi connectivity index (χ1n) is 4.41. The molecule has 6 heteroatoms. The van der Waals surface area contributed by atoms with Gasteiger partial charge in [0.25, 0.3) is 0 Å². The Morgan fingerprint density at radius 2 is 2.19 bits per heavy atom. The SMILES string of the molecule is Cc1ccc(-c2nnc(C(=O)O)o2)cc1Br. The Bertz CT molecular complexity index is 551. The molecule has 1 aromatic carbocycles. The molecule has 0 radical (unpaired) electrons. The van der Waals surface area contributed by atoms with Gasteiger partial charge in [-0.2, -0.15) is 0 Å². The lowest BCUT2D eigenvalue weighted by Crippen LogP contribution is -1.95. The van der Waals surface area contributed by atoms with Crippen molar-refractivity contribution in [3.05, 3.63) is 34.1 Å². The maximum Gasteiger partial charge on any atom is 0.393 e. The van der Waals surface area contributed by atoms with Gasteiger partial charge in [-0.25, -0.2) is 4.79 Å². The molecule has 1 heterocycles. The summed E-state index contributed by atoms with van der Waals surface area (Å²) < 4.78 is 5.89. The van der Waals surface area contributed by atoms with E-state index < -0.39 is 11.9 Å². The van der Waals surface area contributed by atoms with E-state index >= 15 is 0 Å². The molecule has 82 valence electrons. The number of hydrogen-bond donors (Lipinski definition) is 1. The number of carbonyl (C=O) groups is 1. The van der Waals surface area contributed by atoms with Gasteiger partial charge in [0.2, 0.25) is 5.89 Å². The third-order valence-electron chi connectivity index (χ3n) is 2.03. The van der Waals surface area contributed by atoms with Crippen LogP contribution >= 0.6 is 15.9 Å². The van der Waals surface area contributed by atoms with E-state index in [4.69, 9.17) is 9.52 Å². The molecule has 1 aromatic heterocycles. The van der Waals surface area contributed by atoms with E-state index in [9.17, 15) is 4.79 Å². The number of carboxylic acid groups (broad SMARTS) is 1. The first-order chi connectivity index (χ1) is 7.58. The minimum Gasteiger partial charge on any atom is -0.474 e. The molecule has 0 aliphatic heterocycles. The number of aryl methyl sites for hydroxylation is 1. The predicted molar refractivity (Wildman–Crippen MR) is 59.1 cm³/mol. The lowest BCUT2D eigenvalue weighted by molar-refractivity contribution is 0.0654. The summed E-state index contributed by atoms with van der Waals surface area (Å²) in [5.74, 6) is -1.45. The smallest absolute Gasteiger partial charge is 0.393 e. The third kappa shape index (κ3) is 1.96. The van der Waals surface area contributed by atoms with Crippen LogP contribution in [-0.4, -0.2) is 21.3 Å². The zero-order valence-electron chi connectivity index (χ0n) is 8.27. The van der Waals surface area contributed by atoms with Gasteiger partial charge in [-0.05, 0) is 24.6 Å². The summed E-state index contributed by atoms with van der Waals surface area (Å²) in [7, 11) is 0. The molecule has 0 saturated carbocycles. The molecule has 0 fully saturated rings. The highest BCUT2D eigenvalue weighted by Crippen LogP contribution is 2.24. The van der Waals surface area contributed by atoms with Crippen LogP contribution in [0.1, 0.15) is 16.2 Å². The second-order valence-corrected chi connectivity index (χ2v) is 4.04. The molecule has 0 atom stereocenters. The van der Waals surface area contributed by atoms with Gasteiger partial charge in [0.1, 0.15) is 0 Å². The number of rotatable bonds is 2. The molecular weight excluding hydrogens is 276 g/mol. The third-order valence-corrected chi connectivity index (χ3v) is 2.88. The lowest BCUT2D eigenvalue weighted by atomic mass is 10.1. The first-order valence-corrected chi connectivity index (χ1v) is 5.20. The fourth-order valence-electron chi connectivity index (χ4n) is 1.15. The largest absolute Gasteiger partial charge is 0.474 e. The van der Waals surface area contributed by atoms with Gasteiger partial charge in [-0.3, -0.25) is 0 Å². The van der Waals surface area contributed by atoms with Crippen LogP contribution in [-0.2, 0) is 0 Å². The normalized spacial score (nSPS) is 10.4. The van der Waals surface area contributed by atoms with Gasteiger partial charge in [-0.15, -0.1) is 10.2 Å². The van der Waals surface area contributed by atoms with Crippen LogP contribution in [0.15, 0.2) is 27.1 Å². The molecule has 0 unspecified atom stereocenters. The molecule has 16 heavy (non-hydrogen) atoms. The average molecular weight is 283 g/mol. The van der Waals surface area contributed by atoms with Crippen LogP contribution in [0.3, 0.4) is 0 Å². The minimum absolute atomic E-state index is 0.193. The van der Waals surface area contributed by atoms with E-state index in [-0.39, 0.29) is 5.89 Å². The highest BCUT2D eigenvalue weighted by atomic mass is 79.9. The zero-order chi connectivity index (χ0) is 11.7. The van der Waals surface area contributed by atoms with Crippen molar-refractivity contribution in [1.29, 1.82) is 0 Å². The Labute approximate surface area is 99.2 Å². The Morgan fingerprint density at radius 3 is 2.75 bits per heavy atom. The number of carboxylic acids is 1. The first kappa shape index (κ1) is 10.8. The van der Waals surface area contributed by atoms with Crippen LogP contribution in [0.5, 0.6) is 0 Å². The molecular formula is C10H7BrN2O3. The maximum atomic E-state index is 10.6. The van der Waals surface area contributed by atoms with Gasteiger partial charge in [-0.1, -0.05) is 22.0 Å². The maximum absolute atomic E-state index is 10.6. The van der Waals surface area contributed by atoms with Gasteiger partial charge < -0.3 is 9.52 Å². The van der Waals surface area contributed by atoms with Gasteiger partial charge >= 0.3 is 11.9 Å². The second-order valence-electron chi connectivity index (χ2n) is 3.18. The summed E-state index contributed by atoms with van der Waals surface area (Å²) in [5, 5.41) is 15.7. The van der Waals surface area contributed by atoms with Gasteiger partial charge in [0, 0.05) is 10.0 Å². The van der Waals surface area contributed by atoms with Crippen molar-refractivity contribution in [1.82, 2.24) is 10.2 Å². The number of halogens is 1. The molecule has 2 rings (SSSR count). The second kappa shape index (κ2) is 4.05. The van der Waals surface area contributed by atoms with Crippen molar-refractivity contribution >= 4 is 21.9 Å². The summed E-state index contributed by atoms with van der Waals surface area (Å²) in [6.07, 6.45) is 0. The molecule has 1 N–H and O–H groups in total. The molecule has 5 nitrogen and oxygen atoms in total. The molecule has 0 bridgehead atoms. The van der Waals surface area contributed by atoms with Crippen LogP contribution in [0.2, 0.25) is 0 Å². The number of hydrogen-bond acceptors (Lipinski definition) is 4. The number of benzene rings is 1. The summed E-state index contributed by atoms with van der Waals surface area (Å²) in [4.78, 5) is 10.6. The van der Waals surface area contributed by atoms with E-state index in [0.29, 0.717) is 5.56 Å². The van der Waals surface area contributed by atoms with Crippen LogP contribution in [0, 0.1) is 6.92 Å². The standard InChI is InChI=1S/C10H7BrN2O3/c1-5-2-3-6(4-7(5)11)8-12-13-9(16-8)10(14)15/h2-4H,1H3,(H,14,15). The van der Waals surface area contributed by atoms with E-state index in [0.717, 1.165) is 10.0 Å². The fraction of sp³-hybridized carbons (Fsp3) is 0.100. The van der Waals surface area contributed by atoms with Crippen LogP contribution in [0.25, 0.3) is 11.5 Å². The highest BCUT2D eigenvalue weighted by molar-refractivity contribution is 9.10. The topological polar surface area (TPSA) is 76.2 Å². The number of aromatic nitrogens is 2. The molecule has 0 spiro atoms. The van der Waals surface area contributed by atoms with Gasteiger partial charge in [0.15, 0.2) is 0 Å². The fourth-order valence-corrected chi connectivity index (χ4v) is 1.53. The minimum atomic E-state index is -1.23. The van der Waals surface area contributed by atoms with E-state index in [1.807, 2.05) is 13.0 Å². The monoisotopic (exact) mass is 282 g/mol. The lowest BCUT2D eigenvalue weighted by Gasteiger charge is -1.99. The van der Waals surface area contributed by atoms with Crippen LogP contribution in [0.4, 0.5) is 0 Å².